The van der Waals surface area contributed by atoms with E-state index in [1.807, 2.05) is 0 Å². The summed E-state index contributed by atoms with van der Waals surface area (Å²) >= 11 is 0. The largest absolute Gasteiger partial charge is 0.478 e. The van der Waals surface area contributed by atoms with Crippen molar-refractivity contribution >= 4 is 5.69 Å². The normalized spacial score (nSPS) is 11.4. The van der Waals surface area contributed by atoms with Crippen molar-refractivity contribution in [1.82, 2.24) is 10.2 Å². The molecule has 0 radical (unpaired) electrons. The Morgan fingerprint density at radius 3 is 2.54 bits per heavy atom. The Balaban J connectivity index is 3.24. The molecule has 7 heteroatoms. The van der Waals surface area contributed by atoms with Crippen LogP contribution in [0.4, 0.5) is 18.9 Å². The maximum absolute atomic E-state index is 12.2. The zero-order chi connectivity index (χ0) is 10.1. The monoisotopic (exact) mass is 193 g/mol. The summed E-state index contributed by atoms with van der Waals surface area (Å²) < 4.78 is 41.0. The van der Waals surface area contributed by atoms with Gasteiger partial charge in [-0.25, -0.2) is 0 Å². The number of methoxy groups -OCH3 is 1. The third-order valence-corrected chi connectivity index (χ3v) is 1.35. The van der Waals surface area contributed by atoms with Crippen LogP contribution in [0.25, 0.3) is 0 Å². The van der Waals surface area contributed by atoms with Gasteiger partial charge in [0.15, 0.2) is 0 Å². The van der Waals surface area contributed by atoms with E-state index in [4.69, 9.17) is 5.73 Å². The highest BCUT2D eigenvalue weighted by molar-refractivity contribution is 5.54. The Kier molecular flexibility index (Phi) is 2.26. The topological polar surface area (TPSA) is 61.0 Å². The van der Waals surface area contributed by atoms with Crippen LogP contribution in [0, 0.1) is 0 Å². The fourth-order valence-electron chi connectivity index (χ4n) is 0.754. The van der Waals surface area contributed by atoms with Crippen LogP contribution in [0.5, 0.6) is 5.88 Å². The average molecular weight is 193 g/mol. The van der Waals surface area contributed by atoms with E-state index in [0.29, 0.717) is 6.20 Å². The standard InChI is InChI=1S/C6H6F3N3O/c1-13-5-4(10)3(2-11-12-5)6(7,8)9/h2H,1H3,(H2,10,11). The third-order valence-electron chi connectivity index (χ3n) is 1.35. The molecule has 0 aliphatic carbocycles. The number of ether oxygens (including phenoxy) is 1. The van der Waals surface area contributed by atoms with Gasteiger partial charge in [0.2, 0.25) is 0 Å². The van der Waals surface area contributed by atoms with Crippen molar-refractivity contribution in [3.8, 4) is 5.88 Å². The van der Waals surface area contributed by atoms with Gasteiger partial charge in [0.25, 0.3) is 5.88 Å². The minimum absolute atomic E-state index is 0.324. The van der Waals surface area contributed by atoms with E-state index in [2.05, 4.69) is 14.9 Å². The zero-order valence-electron chi connectivity index (χ0n) is 6.59. The Bertz CT molecular complexity index is 312. The first-order chi connectivity index (χ1) is 5.96. The summed E-state index contributed by atoms with van der Waals surface area (Å²) in [7, 11) is 1.17. The first kappa shape index (κ1) is 9.56. The van der Waals surface area contributed by atoms with E-state index >= 15 is 0 Å². The molecule has 1 aromatic rings. The summed E-state index contributed by atoms with van der Waals surface area (Å²) in [5.41, 5.74) is 3.54. The smallest absolute Gasteiger partial charge is 0.420 e. The summed E-state index contributed by atoms with van der Waals surface area (Å²) in [4.78, 5) is 0. The molecule has 0 unspecified atom stereocenters. The third kappa shape index (κ3) is 1.79. The fraction of sp³-hybridized carbons (Fsp3) is 0.333. The molecule has 0 atom stereocenters. The maximum Gasteiger partial charge on any atom is 0.420 e. The summed E-state index contributed by atoms with van der Waals surface area (Å²) in [5, 5.41) is 6.38. The highest BCUT2D eigenvalue weighted by Gasteiger charge is 2.35. The van der Waals surface area contributed by atoms with Gasteiger partial charge in [-0.05, 0) is 0 Å². The second-order valence-corrected chi connectivity index (χ2v) is 2.18. The summed E-state index contributed by atoms with van der Waals surface area (Å²) in [6.45, 7) is 0. The molecule has 4 nitrogen and oxygen atoms in total. The van der Waals surface area contributed by atoms with E-state index in [9.17, 15) is 13.2 Å². The van der Waals surface area contributed by atoms with E-state index in [1.165, 1.54) is 7.11 Å². The molecule has 1 heterocycles. The van der Waals surface area contributed by atoms with Crippen LogP contribution >= 0.6 is 0 Å². The molecule has 0 aliphatic heterocycles. The molecule has 2 N–H and O–H groups in total. The zero-order valence-corrected chi connectivity index (χ0v) is 6.59. The van der Waals surface area contributed by atoms with Gasteiger partial charge in [-0.1, -0.05) is 0 Å². The minimum Gasteiger partial charge on any atom is -0.478 e. The van der Waals surface area contributed by atoms with Crippen molar-refractivity contribution in [1.29, 1.82) is 0 Å². The predicted molar refractivity (Wildman–Crippen MR) is 38.0 cm³/mol. The van der Waals surface area contributed by atoms with Gasteiger partial charge in [0.1, 0.15) is 11.3 Å². The van der Waals surface area contributed by atoms with Crippen molar-refractivity contribution in [2.45, 2.75) is 6.18 Å². The second kappa shape index (κ2) is 3.08. The van der Waals surface area contributed by atoms with Gasteiger partial charge in [0, 0.05) is 0 Å². The number of alkyl halides is 3. The Labute approximate surface area is 71.5 Å². The van der Waals surface area contributed by atoms with Crippen LogP contribution in [-0.2, 0) is 6.18 Å². The Hall–Kier alpha value is -1.53. The van der Waals surface area contributed by atoms with Gasteiger partial charge in [-0.2, -0.15) is 18.3 Å². The summed E-state index contributed by atoms with van der Waals surface area (Å²) in [6, 6.07) is 0. The predicted octanol–water partition coefficient (Wildman–Crippen LogP) is 1.09. The lowest BCUT2D eigenvalue weighted by molar-refractivity contribution is -0.137. The molecular weight excluding hydrogens is 187 g/mol. The number of nitrogens with zero attached hydrogens (tertiary/aromatic N) is 2. The Morgan fingerprint density at radius 2 is 2.08 bits per heavy atom. The highest BCUT2D eigenvalue weighted by Crippen LogP contribution is 2.35. The average Bonchev–Trinajstić information content (AvgIpc) is 2.02. The molecule has 0 spiro atoms. The number of hydrogen-bond acceptors (Lipinski definition) is 4. The molecule has 0 bridgehead atoms. The van der Waals surface area contributed by atoms with Crippen LogP contribution in [-0.4, -0.2) is 17.3 Å². The molecule has 13 heavy (non-hydrogen) atoms. The first-order valence-electron chi connectivity index (χ1n) is 3.19. The molecule has 1 rings (SSSR count). The van der Waals surface area contributed by atoms with Gasteiger partial charge in [-0.15, -0.1) is 5.10 Å². The molecule has 0 saturated carbocycles. The Morgan fingerprint density at radius 1 is 1.46 bits per heavy atom. The number of hydrogen-bond donors (Lipinski definition) is 1. The summed E-state index contributed by atoms with van der Waals surface area (Å²) in [6.07, 6.45) is -3.98. The quantitative estimate of drug-likeness (QED) is 0.725. The molecule has 1 aromatic heterocycles. The van der Waals surface area contributed by atoms with Crippen LogP contribution in [0.15, 0.2) is 6.20 Å². The first-order valence-corrected chi connectivity index (χ1v) is 3.19. The number of halogens is 3. The van der Waals surface area contributed by atoms with E-state index in [-0.39, 0.29) is 5.88 Å². The van der Waals surface area contributed by atoms with Crippen molar-refractivity contribution in [2.24, 2.45) is 0 Å². The second-order valence-electron chi connectivity index (χ2n) is 2.18. The van der Waals surface area contributed by atoms with Crippen LogP contribution in [0.2, 0.25) is 0 Å². The maximum atomic E-state index is 12.2. The van der Waals surface area contributed by atoms with Crippen LogP contribution < -0.4 is 10.5 Å². The van der Waals surface area contributed by atoms with E-state index in [0.717, 1.165) is 0 Å². The molecular formula is C6H6F3N3O. The van der Waals surface area contributed by atoms with Crippen molar-refractivity contribution in [3.05, 3.63) is 11.8 Å². The molecule has 72 valence electrons. The fourth-order valence-corrected chi connectivity index (χ4v) is 0.754. The number of nitrogens with two attached hydrogens (primary N) is 1. The molecule has 0 aromatic carbocycles. The van der Waals surface area contributed by atoms with Crippen LogP contribution in [0.3, 0.4) is 0 Å². The number of rotatable bonds is 1. The number of aromatic nitrogens is 2. The number of anilines is 1. The SMILES string of the molecule is COc1nncc(C(F)(F)F)c1N. The van der Waals surface area contributed by atoms with Gasteiger partial charge < -0.3 is 10.5 Å². The lowest BCUT2D eigenvalue weighted by atomic mass is 10.2. The number of nitrogen functional groups attached to an aromatic ring is 1. The van der Waals surface area contributed by atoms with Crippen molar-refractivity contribution < 1.29 is 17.9 Å². The summed E-state index contributed by atoms with van der Waals surface area (Å²) in [5.74, 6) is -0.324. The lowest BCUT2D eigenvalue weighted by Crippen LogP contribution is -2.11. The van der Waals surface area contributed by atoms with E-state index < -0.39 is 17.4 Å². The van der Waals surface area contributed by atoms with Crippen molar-refractivity contribution in [3.63, 3.8) is 0 Å². The van der Waals surface area contributed by atoms with Gasteiger partial charge in [-0.3, -0.25) is 0 Å². The van der Waals surface area contributed by atoms with Crippen LogP contribution in [0.1, 0.15) is 5.56 Å². The minimum atomic E-state index is -4.53. The highest BCUT2D eigenvalue weighted by atomic mass is 19.4. The van der Waals surface area contributed by atoms with E-state index in [1.54, 1.807) is 0 Å². The molecule has 0 fully saturated rings. The lowest BCUT2D eigenvalue weighted by Gasteiger charge is -2.10. The van der Waals surface area contributed by atoms with Gasteiger partial charge >= 0.3 is 6.18 Å². The molecule has 0 saturated heterocycles. The molecule has 0 amide bonds. The van der Waals surface area contributed by atoms with Gasteiger partial charge in [0.05, 0.1) is 13.3 Å². The van der Waals surface area contributed by atoms with Crippen molar-refractivity contribution in [2.75, 3.05) is 12.8 Å². The molecule has 0 aliphatic rings.